The summed E-state index contributed by atoms with van der Waals surface area (Å²) >= 11 is 0. The molecule has 0 aliphatic heterocycles. The Morgan fingerprint density at radius 1 is 0.778 bits per heavy atom. The molecule has 0 saturated heterocycles. The van der Waals surface area contributed by atoms with Crippen LogP contribution in [0.4, 0.5) is 0 Å². The van der Waals surface area contributed by atoms with Gasteiger partial charge in [-0.25, -0.2) is 0 Å². The van der Waals surface area contributed by atoms with Crippen LogP contribution in [0.2, 0.25) is 0 Å². The summed E-state index contributed by atoms with van der Waals surface area (Å²) < 4.78 is 5.60. The van der Waals surface area contributed by atoms with E-state index in [1.807, 2.05) is 6.92 Å². The fraction of sp³-hybridized carbons (Fsp3) is 1.00. The predicted molar refractivity (Wildman–Crippen MR) is 78.9 cm³/mol. The molecule has 0 aliphatic carbocycles. The highest BCUT2D eigenvalue weighted by molar-refractivity contribution is 4.68. The van der Waals surface area contributed by atoms with E-state index in [2.05, 4.69) is 13.8 Å². The van der Waals surface area contributed by atoms with Gasteiger partial charge in [-0.15, -0.1) is 0 Å². The van der Waals surface area contributed by atoms with Crippen LogP contribution in [0.1, 0.15) is 85.0 Å². The van der Waals surface area contributed by atoms with Gasteiger partial charge in [0.05, 0.1) is 12.2 Å². The second-order valence-electron chi connectivity index (χ2n) is 5.26. The number of rotatable bonds is 13. The largest absolute Gasteiger partial charge is 0.390 e. The maximum absolute atomic E-state index is 10.1. The van der Waals surface area contributed by atoms with Crippen LogP contribution in [0.15, 0.2) is 0 Å². The van der Waals surface area contributed by atoms with Crippen LogP contribution in [0, 0.1) is 0 Å². The lowest BCUT2D eigenvalue weighted by atomic mass is 10.0. The maximum atomic E-state index is 10.1. The molecule has 0 spiro atoms. The number of hydrogen-bond acceptors (Lipinski definition) is 2. The highest BCUT2D eigenvalue weighted by Crippen LogP contribution is 2.15. The number of unbranched alkanes of at least 4 members (excludes halogenated alkanes) is 6. The van der Waals surface area contributed by atoms with Crippen molar-refractivity contribution in [3.05, 3.63) is 0 Å². The van der Waals surface area contributed by atoms with Gasteiger partial charge in [-0.3, -0.25) is 0 Å². The first-order chi connectivity index (χ1) is 8.76. The first kappa shape index (κ1) is 17.9. The minimum atomic E-state index is -0.263. The van der Waals surface area contributed by atoms with Gasteiger partial charge in [-0.05, 0) is 19.8 Å². The molecule has 0 rings (SSSR count). The van der Waals surface area contributed by atoms with Crippen LogP contribution < -0.4 is 0 Å². The zero-order chi connectivity index (χ0) is 13.6. The molecule has 0 heterocycles. The lowest BCUT2D eigenvalue weighted by molar-refractivity contribution is -0.0408. The molecule has 0 fully saturated rings. The van der Waals surface area contributed by atoms with Crippen molar-refractivity contribution >= 4 is 0 Å². The summed E-state index contributed by atoms with van der Waals surface area (Å²) in [6.45, 7) is 7.10. The highest BCUT2D eigenvalue weighted by atomic mass is 16.5. The van der Waals surface area contributed by atoms with E-state index in [1.54, 1.807) is 0 Å². The Balaban J connectivity index is 3.51. The topological polar surface area (TPSA) is 29.5 Å². The minimum Gasteiger partial charge on any atom is -0.390 e. The standard InChI is InChI=1S/C16H34O2/c1-4-7-8-9-10-11-12-14-15(17)16(13-5-2)18-6-3/h15-17H,4-14H2,1-3H3. The Bertz CT molecular complexity index is 153. The number of ether oxygens (including phenoxy) is 1. The van der Waals surface area contributed by atoms with Gasteiger partial charge in [0.1, 0.15) is 0 Å². The second-order valence-corrected chi connectivity index (χ2v) is 5.26. The van der Waals surface area contributed by atoms with Crippen molar-refractivity contribution in [2.24, 2.45) is 0 Å². The summed E-state index contributed by atoms with van der Waals surface area (Å²) in [5.41, 5.74) is 0. The van der Waals surface area contributed by atoms with Crippen molar-refractivity contribution in [1.29, 1.82) is 0 Å². The summed E-state index contributed by atoms with van der Waals surface area (Å²) in [5.74, 6) is 0. The van der Waals surface area contributed by atoms with E-state index >= 15 is 0 Å². The molecule has 0 bridgehead atoms. The van der Waals surface area contributed by atoms with Crippen LogP contribution in [0.5, 0.6) is 0 Å². The Morgan fingerprint density at radius 3 is 1.94 bits per heavy atom. The normalized spacial score (nSPS) is 14.7. The fourth-order valence-electron chi connectivity index (χ4n) is 2.38. The molecule has 2 atom stereocenters. The Labute approximate surface area is 114 Å². The van der Waals surface area contributed by atoms with Gasteiger partial charge in [0.25, 0.3) is 0 Å². The van der Waals surface area contributed by atoms with E-state index < -0.39 is 0 Å². The van der Waals surface area contributed by atoms with Crippen molar-refractivity contribution in [3.8, 4) is 0 Å². The summed E-state index contributed by atoms with van der Waals surface area (Å²) in [7, 11) is 0. The van der Waals surface area contributed by atoms with E-state index in [9.17, 15) is 5.11 Å². The van der Waals surface area contributed by atoms with Gasteiger partial charge in [0.15, 0.2) is 0 Å². The molecule has 0 aromatic carbocycles. The molecular formula is C16H34O2. The first-order valence-electron chi connectivity index (χ1n) is 8.05. The third-order valence-corrected chi connectivity index (χ3v) is 3.49. The Kier molecular flexibility index (Phi) is 13.3. The zero-order valence-corrected chi connectivity index (χ0v) is 12.8. The maximum Gasteiger partial charge on any atom is 0.0833 e. The average Bonchev–Trinajstić information content (AvgIpc) is 2.37. The number of hydrogen-bond donors (Lipinski definition) is 1. The second kappa shape index (κ2) is 13.4. The number of aliphatic hydroxyl groups is 1. The molecular weight excluding hydrogens is 224 g/mol. The first-order valence-corrected chi connectivity index (χ1v) is 8.05. The van der Waals surface area contributed by atoms with Crippen LogP contribution in [0.3, 0.4) is 0 Å². The third kappa shape index (κ3) is 9.90. The molecule has 2 heteroatoms. The van der Waals surface area contributed by atoms with Gasteiger partial charge < -0.3 is 9.84 Å². The molecule has 2 nitrogen and oxygen atoms in total. The Hall–Kier alpha value is -0.0800. The Morgan fingerprint density at radius 2 is 1.39 bits per heavy atom. The van der Waals surface area contributed by atoms with Crippen molar-refractivity contribution in [2.75, 3.05) is 6.61 Å². The quantitative estimate of drug-likeness (QED) is 0.485. The predicted octanol–water partition coefficient (Wildman–Crippen LogP) is 4.69. The van der Waals surface area contributed by atoms with E-state index in [4.69, 9.17) is 4.74 Å². The summed E-state index contributed by atoms with van der Waals surface area (Å²) in [4.78, 5) is 0. The fourth-order valence-corrected chi connectivity index (χ4v) is 2.38. The molecule has 0 radical (unpaired) electrons. The van der Waals surface area contributed by atoms with Crippen LogP contribution in [-0.4, -0.2) is 23.9 Å². The SMILES string of the molecule is CCCCCCCCCC(O)C(CCC)OCC. The molecule has 18 heavy (non-hydrogen) atoms. The molecule has 0 aliphatic rings. The smallest absolute Gasteiger partial charge is 0.0833 e. The molecule has 110 valence electrons. The van der Waals surface area contributed by atoms with Gasteiger partial charge >= 0.3 is 0 Å². The van der Waals surface area contributed by atoms with E-state index in [1.165, 1.54) is 38.5 Å². The van der Waals surface area contributed by atoms with Crippen molar-refractivity contribution in [2.45, 2.75) is 97.2 Å². The minimum absolute atomic E-state index is 0.0556. The van der Waals surface area contributed by atoms with Crippen molar-refractivity contribution < 1.29 is 9.84 Å². The lowest BCUT2D eigenvalue weighted by Crippen LogP contribution is -2.29. The van der Waals surface area contributed by atoms with Crippen LogP contribution in [-0.2, 0) is 4.74 Å². The molecule has 0 aromatic rings. The summed E-state index contributed by atoms with van der Waals surface area (Å²) in [6, 6.07) is 0. The average molecular weight is 258 g/mol. The third-order valence-electron chi connectivity index (χ3n) is 3.49. The zero-order valence-electron chi connectivity index (χ0n) is 12.8. The van der Waals surface area contributed by atoms with Crippen molar-refractivity contribution in [1.82, 2.24) is 0 Å². The van der Waals surface area contributed by atoms with Gasteiger partial charge in [0.2, 0.25) is 0 Å². The van der Waals surface area contributed by atoms with E-state index in [0.717, 1.165) is 25.7 Å². The molecule has 1 N–H and O–H groups in total. The van der Waals surface area contributed by atoms with Gasteiger partial charge in [0, 0.05) is 6.61 Å². The monoisotopic (exact) mass is 258 g/mol. The lowest BCUT2D eigenvalue weighted by Gasteiger charge is -2.22. The molecule has 0 amide bonds. The number of aliphatic hydroxyl groups excluding tert-OH is 1. The van der Waals surface area contributed by atoms with Crippen LogP contribution in [0.25, 0.3) is 0 Å². The molecule has 0 saturated carbocycles. The van der Waals surface area contributed by atoms with E-state index in [0.29, 0.717) is 6.61 Å². The molecule has 2 unspecified atom stereocenters. The van der Waals surface area contributed by atoms with E-state index in [-0.39, 0.29) is 12.2 Å². The highest BCUT2D eigenvalue weighted by Gasteiger charge is 2.17. The van der Waals surface area contributed by atoms with Gasteiger partial charge in [-0.2, -0.15) is 0 Å². The molecule has 0 aromatic heterocycles. The summed E-state index contributed by atoms with van der Waals surface area (Å²) in [5, 5.41) is 10.1. The van der Waals surface area contributed by atoms with Crippen LogP contribution >= 0.6 is 0 Å². The summed E-state index contributed by atoms with van der Waals surface area (Å²) in [6.07, 6.45) is 11.9. The van der Waals surface area contributed by atoms with Gasteiger partial charge in [-0.1, -0.05) is 65.2 Å². The van der Waals surface area contributed by atoms with Crippen molar-refractivity contribution in [3.63, 3.8) is 0 Å².